The number of rotatable bonds is 4. The number of likely N-dealkylation sites (tertiary alicyclic amines) is 1. The van der Waals surface area contributed by atoms with Gasteiger partial charge in [0.15, 0.2) is 0 Å². The topological polar surface area (TPSA) is 33.2 Å². The zero-order valence-electron chi connectivity index (χ0n) is 13.6. The van der Waals surface area contributed by atoms with E-state index < -0.39 is 11.7 Å². The summed E-state index contributed by atoms with van der Waals surface area (Å²) in [5.41, 5.74) is 1.86. The molecule has 0 spiro atoms. The quantitative estimate of drug-likeness (QED) is 0.787. The molecule has 3 rings (SSSR count). The van der Waals surface area contributed by atoms with Crippen molar-refractivity contribution in [1.29, 1.82) is 0 Å². The van der Waals surface area contributed by atoms with Gasteiger partial charge in [-0.15, -0.1) is 11.3 Å². The maximum atomic E-state index is 13.1. The maximum Gasteiger partial charge on any atom is 0.416 e. The Kier molecular flexibility index (Phi) is 5.42. The van der Waals surface area contributed by atoms with Crippen LogP contribution in [0, 0.1) is 5.92 Å². The minimum atomic E-state index is -4.32. The number of carbonyl (C=O) groups is 1. The molecule has 3 nitrogen and oxygen atoms in total. The van der Waals surface area contributed by atoms with Gasteiger partial charge in [-0.25, -0.2) is 4.98 Å². The van der Waals surface area contributed by atoms with Crippen LogP contribution in [0.15, 0.2) is 35.2 Å². The van der Waals surface area contributed by atoms with Crippen LogP contribution in [0.2, 0.25) is 0 Å². The molecule has 25 heavy (non-hydrogen) atoms. The Balaban J connectivity index is 1.62. The molecule has 0 unspecified atom stereocenters. The van der Waals surface area contributed by atoms with Gasteiger partial charge in [0.05, 0.1) is 11.1 Å². The average Bonchev–Trinajstić information content (AvgIpc) is 3.13. The fourth-order valence-electron chi connectivity index (χ4n) is 3.34. The molecule has 134 valence electrons. The van der Waals surface area contributed by atoms with Crippen molar-refractivity contribution in [3.05, 3.63) is 52.0 Å². The van der Waals surface area contributed by atoms with Crippen LogP contribution in [0.3, 0.4) is 0 Å². The molecule has 0 bridgehead atoms. The average molecular weight is 368 g/mol. The molecule has 1 saturated heterocycles. The fourth-order valence-corrected chi connectivity index (χ4v) is 3.87. The van der Waals surface area contributed by atoms with E-state index in [0.717, 1.165) is 18.9 Å². The summed E-state index contributed by atoms with van der Waals surface area (Å²) in [5.74, 6) is 0.138. The molecule has 1 aromatic heterocycles. The van der Waals surface area contributed by atoms with E-state index in [1.54, 1.807) is 27.9 Å². The molecule has 0 N–H and O–H groups in total. The van der Waals surface area contributed by atoms with Gasteiger partial charge < -0.3 is 4.90 Å². The molecule has 0 aliphatic carbocycles. The van der Waals surface area contributed by atoms with Crippen LogP contribution in [0.5, 0.6) is 0 Å². The number of carbonyl (C=O) groups excluding carboxylic acids is 1. The maximum absolute atomic E-state index is 13.1. The summed E-state index contributed by atoms with van der Waals surface area (Å²) in [6.07, 6.45) is -1.49. The van der Waals surface area contributed by atoms with Crippen molar-refractivity contribution >= 4 is 17.2 Å². The Morgan fingerprint density at radius 1 is 1.32 bits per heavy atom. The standard InChI is InChI=1S/C18H19F3N2OS/c19-18(20,21)15-6-2-1-5-14(15)8-7-13-4-3-9-23(10-13)17(24)16-11-25-12-22-16/h1-2,5-6,11-13H,3-4,7-10H2/t13-/m0/s1. The zero-order chi connectivity index (χ0) is 17.9. The summed E-state index contributed by atoms with van der Waals surface area (Å²) in [6.45, 7) is 1.27. The minimum absolute atomic E-state index is 0.0818. The van der Waals surface area contributed by atoms with E-state index in [1.807, 2.05) is 0 Å². The van der Waals surface area contributed by atoms with E-state index in [1.165, 1.54) is 17.4 Å². The summed E-state index contributed by atoms with van der Waals surface area (Å²) in [5, 5.41) is 1.73. The molecule has 0 saturated carbocycles. The van der Waals surface area contributed by atoms with Gasteiger partial charge in [-0.1, -0.05) is 18.2 Å². The molecule has 1 atom stereocenters. The second-order valence-electron chi connectivity index (χ2n) is 6.33. The predicted octanol–water partition coefficient (Wildman–Crippen LogP) is 4.65. The predicted molar refractivity (Wildman–Crippen MR) is 90.5 cm³/mol. The molecular weight excluding hydrogens is 349 g/mol. The molecule has 2 aromatic rings. The number of aryl methyl sites for hydroxylation is 1. The molecule has 1 aliphatic rings. The van der Waals surface area contributed by atoms with E-state index in [-0.39, 0.29) is 11.8 Å². The molecule has 1 aliphatic heterocycles. The van der Waals surface area contributed by atoms with Crippen molar-refractivity contribution in [2.45, 2.75) is 31.9 Å². The SMILES string of the molecule is O=C(c1cscn1)N1CCC[C@@H](CCc2ccccc2C(F)(F)F)C1. The Hall–Kier alpha value is -1.89. The fraction of sp³-hybridized carbons (Fsp3) is 0.444. The Labute approximate surface area is 148 Å². The molecule has 1 aromatic carbocycles. The number of piperidine rings is 1. The van der Waals surface area contributed by atoms with Crippen molar-refractivity contribution in [1.82, 2.24) is 9.88 Å². The van der Waals surface area contributed by atoms with Crippen molar-refractivity contribution in [2.75, 3.05) is 13.1 Å². The Morgan fingerprint density at radius 3 is 2.84 bits per heavy atom. The van der Waals surface area contributed by atoms with Gasteiger partial charge >= 0.3 is 6.18 Å². The second-order valence-corrected chi connectivity index (χ2v) is 7.05. The molecule has 1 fully saturated rings. The third kappa shape index (κ3) is 4.39. The van der Waals surface area contributed by atoms with Crippen LogP contribution < -0.4 is 0 Å². The minimum Gasteiger partial charge on any atom is -0.337 e. The van der Waals surface area contributed by atoms with Crippen molar-refractivity contribution in [3.63, 3.8) is 0 Å². The van der Waals surface area contributed by atoms with Gasteiger partial charge in [-0.2, -0.15) is 13.2 Å². The van der Waals surface area contributed by atoms with Crippen LogP contribution in [0.1, 0.15) is 40.9 Å². The summed E-state index contributed by atoms with van der Waals surface area (Å²) in [7, 11) is 0. The summed E-state index contributed by atoms with van der Waals surface area (Å²) in [6, 6.07) is 5.74. The number of benzene rings is 1. The highest BCUT2D eigenvalue weighted by Gasteiger charge is 2.33. The monoisotopic (exact) mass is 368 g/mol. The lowest BCUT2D eigenvalue weighted by molar-refractivity contribution is -0.138. The van der Waals surface area contributed by atoms with Crippen LogP contribution in [-0.4, -0.2) is 28.9 Å². The van der Waals surface area contributed by atoms with Crippen LogP contribution in [0.4, 0.5) is 13.2 Å². The lowest BCUT2D eigenvalue weighted by atomic mass is 9.90. The number of thiazole rings is 1. The lowest BCUT2D eigenvalue weighted by Crippen LogP contribution is -2.40. The van der Waals surface area contributed by atoms with Crippen LogP contribution in [-0.2, 0) is 12.6 Å². The third-order valence-electron chi connectivity index (χ3n) is 4.60. The number of halogens is 3. The summed E-state index contributed by atoms with van der Waals surface area (Å²) >= 11 is 1.38. The largest absolute Gasteiger partial charge is 0.416 e. The van der Waals surface area contributed by atoms with Crippen molar-refractivity contribution < 1.29 is 18.0 Å². The first-order chi connectivity index (χ1) is 11.9. The number of alkyl halides is 3. The molecule has 2 heterocycles. The van der Waals surface area contributed by atoms with E-state index in [0.29, 0.717) is 37.2 Å². The molecule has 7 heteroatoms. The van der Waals surface area contributed by atoms with E-state index in [9.17, 15) is 18.0 Å². The Bertz CT molecular complexity index is 715. The second kappa shape index (κ2) is 7.56. The Morgan fingerprint density at radius 2 is 2.12 bits per heavy atom. The van der Waals surface area contributed by atoms with Crippen molar-refractivity contribution in [2.24, 2.45) is 5.92 Å². The highest BCUT2D eigenvalue weighted by atomic mass is 32.1. The molecule has 0 radical (unpaired) electrons. The molecular formula is C18H19F3N2OS. The van der Waals surface area contributed by atoms with Gasteiger partial charge in [-0.05, 0) is 43.2 Å². The van der Waals surface area contributed by atoms with Crippen LogP contribution >= 0.6 is 11.3 Å². The van der Waals surface area contributed by atoms with E-state index >= 15 is 0 Å². The van der Waals surface area contributed by atoms with Gasteiger partial charge in [-0.3, -0.25) is 4.79 Å². The van der Waals surface area contributed by atoms with Gasteiger partial charge in [0.25, 0.3) is 5.91 Å². The number of aromatic nitrogens is 1. The highest BCUT2D eigenvalue weighted by Crippen LogP contribution is 2.33. The lowest BCUT2D eigenvalue weighted by Gasteiger charge is -2.32. The van der Waals surface area contributed by atoms with E-state index in [4.69, 9.17) is 0 Å². The molecule has 1 amide bonds. The van der Waals surface area contributed by atoms with Gasteiger partial charge in [0.1, 0.15) is 5.69 Å². The smallest absolute Gasteiger partial charge is 0.337 e. The van der Waals surface area contributed by atoms with Crippen LogP contribution in [0.25, 0.3) is 0 Å². The number of nitrogens with zero attached hydrogens (tertiary/aromatic N) is 2. The third-order valence-corrected chi connectivity index (χ3v) is 5.19. The first-order valence-electron chi connectivity index (χ1n) is 8.27. The summed E-state index contributed by atoms with van der Waals surface area (Å²) < 4.78 is 39.2. The zero-order valence-corrected chi connectivity index (χ0v) is 14.4. The number of hydrogen-bond acceptors (Lipinski definition) is 3. The number of amides is 1. The van der Waals surface area contributed by atoms with E-state index in [2.05, 4.69) is 4.98 Å². The normalized spacial score (nSPS) is 18.4. The van der Waals surface area contributed by atoms with Crippen molar-refractivity contribution in [3.8, 4) is 0 Å². The number of hydrogen-bond donors (Lipinski definition) is 0. The highest BCUT2D eigenvalue weighted by molar-refractivity contribution is 7.07. The first-order valence-corrected chi connectivity index (χ1v) is 9.22. The first kappa shape index (κ1) is 17.9. The summed E-state index contributed by atoms with van der Waals surface area (Å²) in [4.78, 5) is 18.2. The van der Waals surface area contributed by atoms with Gasteiger partial charge in [0.2, 0.25) is 0 Å². The van der Waals surface area contributed by atoms with Gasteiger partial charge in [0, 0.05) is 18.5 Å².